The van der Waals surface area contributed by atoms with E-state index < -0.39 is 12.0 Å². The van der Waals surface area contributed by atoms with E-state index in [1.165, 1.54) is 5.38 Å². The largest absolute Gasteiger partial charge is 1.00 e. The molecule has 1 aromatic heterocycles. The van der Waals surface area contributed by atoms with Gasteiger partial charge in [-0.3, -0.25) is 4.79 Å². The molecule has 2 rings (SSSR count). The third-order valence-corrected chi connectivity index (χ3v) is 2.92. The monoisotopic (exact) mass is 291 g/mol. The van der Waals surface area contributed by atoms with E-state index >= 15 is 0 Å². The second-order valence-corrected chi connectivity index (χ2v) is 4.40. The summed E-state index contributed by atoms with van der Waals surface area (Å²) in [4.78, 5) is 31.1. The van der Waals surface area contributed by atoms with Crippen molar-refractivity contribution in [2.24, 2.45) is 5.16 Å². The predicted octanol–water partition coefficient (Wildman–Crippen LogP) is -3.08. The van der Waals surface area contributed by atoms with E-state index in [1.54, 1.807) is 0 Å². The van der Waals surface area contributed by atoms with E-state index in [9.17, 15) is 9.59 Å². The number of nitrogens with two attached hydrogens (primary N) is 1. The molecule has 4 N–H and O–H groups in total. The molecular formula is C9H10N5NaO3S. The number of anilines is 1. The minimum absolute atomic E-state index is 0. The molecule has 1 aliphatic rings. The van der Waals surface area contributed by atoms with E-state index in [-0.39, 0.29) is 52.0 Å². The Balaban J connectivity index is 0.00000180. The number of amides is 2. The topological polar surface area (TPSA) is 130 Å². The SMILES string of the molecule is [NH-]C(=O)/C(=N\OC1CCNC1=O)c1csc(N)n1.[Na+]. The number of nitrogens with zero attached hydrogens (tertiary/aromatic N) is 2. The summed E-state index contributed by atoms with van der Waals surface area (Å²) < 4.78 is 0. The number of carbonyl (C=O) groups is 2. The van der Waals surface area contributed by atoms with Crippen LogP contribution in [0.1, 0.15) is 12.1 Å². The Morgan fingerprint density at radius 3 is 2.89 bits per heavy atom. The maximum atomic E-state index is 11.2. The molecule has 0 aromatic carbocycles. The molecule has 1 saturated heterocycles. The van der Waals surface area contributed by atoms with Crippen LogP contribution in [0.5, 0.6) is 0 Å². The molecule has 1 aliphatic heterocycles. The Bertz CT molecular complexity index is 518. The van der Waals surface area contributed by atoms with Crippen LogP contribution in [0.4, 0.5) is 5.13 Å². The minimum Gasteiger partial charge on any atom is -0.662 e. The molecule has 1 fully saturated rings. The fourth-order valence-corrected chi connectivity index (χ4v) is 1.94. The van der Waals surface area contributed by atoms with Gasteiger partial charge in [0.1, 0.15) is 11.6 Å². The fourth-order valence-electron chi connectivity index (χ4n) is 1.39. The number of rotatable bonds is 4. The summed E-state index contributed by atoms with van der Waals surface area (Å²) in [5.41, 5.74) is 12.4. The summed E-state index contributed by atoms with van der Waals surface area (Å²) >= 11 is 1.12. The van der Waals surface area contributed by atoms with Crippen molar-refractivity contribution in [3.05, 3.63) is 16.8 Å². The molecule has 1 aromatic rings. The summed E-state index contributed by atoms with van der Waals surface area (Å²) in [6.07, 6.45) is -0.253. The van der Waals surface area contributed by atoms with Crippen molar-refractivity contribution in [1.82, 2.24) is 10.3 Å². The van der Waals surface area contributed by atoms with Gasteiger partial charge in [0, 0.05) is 18.3 Å². The average Bonchev–Trinajstić information content (AvgIpc) is 2.89. The van der Waals surface area contributed by atoms with Gasteiger partial charge in [-0.25, -0.2) is 4.98 Å². The number of hydrogen-bond acceptors (Lipinski definition) is 7. The van der Waals surface area contributed by atoms with Crippen LogP contribution in [0.3, 0.4) is 0 Å². The average molecular weight is 291 g/mol. The van der Waals surface area contributed by atoms with Gasteiger partial charge in [-0.1, -0.05) is 5.16 Å². The van der Waals surface area contributed by atoms with Crippen molar-refractivity contribution in [2.75, 3.05) is 12.3 Å². The van der Waals surface area contributed by atoms with Gasteiger partial charge in [-0.05, 0) is 0 Å². The number of oxime groups is 1. The zero-order chi connectivity index (χ0) is 13.1. The van der Waals surface area contributed by atoms with E-state index in [0.717, 1.165) is 11.3 Å². The number of aromatic nitrogens is 1. The van der Waals surface area contributed by atoms with Crippen molar-refractivity contribution < 1.29 is 44.0 Å². The number of nitrogen functional groups attached to an aromatic ring is 1. The van der Waals surface area contributed by atoms with E-state index in [0.29, 0.717) is 13.0 Å². The van der Waals surface area contributed by atoms with Crippen molar-refractivity contribution in [2.45, 2.75) is 12.5 Å². The number of hydrogen-bond donors (Lipinski definition) is 2. The molecule has 1 atom stereocenters. The molecule has 0 radical (unpaired) electrons. The van der Waals surface area contributed by atoms with Crippen molar-refractivity contribution >= 4 is 34.0 Å². The van der Waals surface area contributed by atoms with Crippen LogP contribution < -0.4 is 40.6 Å². The Hall–Kier alpha value is -1.16. The molecule has 0 spiro atoms. The van der Waals surface area contributed by atoms with Crippen molar-refractivity contribution in [3.63, 3.8) is 0 Å². The maximum Gasteiger partial charge on any atom is 1.00 e. The van der Waals surface area contributed by atoms with Gasteiger partial charge in [0.25, 0.3) is 5.91 Å². The summed E-state index contributed by atoms with van der Waals surface area (Å²) in [5.74, 6) is -1.33. The van der Waals surface area contributed by atoms with Crippen LogP contribution in [-0.4, -0.2) is 35.2 Å². The second-order valence-electron chi connectivity index (χ2n) is 3.51. The standard InChI is InChI=1S/C9H11N5O3S.Na/c10-7(15)6(4-3-18-9(11)13-4)14-17-5-1-2-12-8(5)16;/h3,5H,1-2H2,(H5,10,11,12,13,15,16);/q;+1/p-1/b14-6-;. The van der Waals surface area contributed by atoms with Crippen LogP contribution >= 0.6 is 11.3 Å². The molecule has 2 amide bonds. The fraction of sp³-hybridized carbons (Fsp3) is 0.333. The maximum absolute atomic E-state index is 11.2. The summed E-state index contributed by atoms with van der Waals surface area (Å²) in [6.45, 7) is 0.507. The Morgan fingerprint density at radius 2 is 2.42 bits per heavy atom. The Morgan fingerprint density at radius 1 is 1.68 bits per heavy atom. The van der Waals surface area contributed by atoms with Crippen LogP contribution in [0.2, 0.25) is 0 Å². The molecule has 0 aliphatic carbocycles. The zero-order valence-electron chi connectivity index (χ0n) is 10.2. The van der Waals surface area contributed by atoms with E-state index in [4.69, 9.17) is 16.3 Å². The first kappa shape index (κ1) is 15.9. The van der Waals surface area contributed by atoms with Gasteiger partial charge < -0.3 is 26.4 Å². The predicted molar refractivity (Wildman–Crippen MR) is 64.9 cm³/mol. The minimum atomic E-state index is -1.04. The molecule has 2 heterocycles. The van der Waals surface area contributed by atoms with Gasteiger partial charge in [0.05, 0.1) is 0 Å². The van der Waals surface area contributed by atoms with Gasteiger partial charge >= 0.3 is 29.6 Å². The van der Waals surface area contributed by atoms with Crippen molar-refractivity contribution in [1.29, 1.82) is 0 Å². The molecule has 8 nitrogen and oxygen atoms in total. The number of thiazole rings is 1. The first-order valence-corrected chi connectivity index (χ1v) is 5.94. The van der Waals surface area contributed by atoms with E-state index in [1.807, 2.05) is 0 Å². The Labute approximate surface area is 134 Å². The molecule has 96 valence electrons. The first-order valence-electron chi connectivity index (χ1n) is 5.06. The molecular weight excluding hydrogens is 281 g/mol. The van der Waals surface area contributed by atoms with Crippen LogP contribution in [0, 0.1) is 0 Å². The number of carbonyl (C=O) groups excluding carboxylic acids is 2. The quantitative estimate of drug-likeness (QED) is 0.345. The number of nitrogens with one attached hydrogen (secondary N) is 2. The third kappa shape index (κ3) is 3.90. The van der Waals surface area contributed by atoms with Crippen LogP contribution in [0.25, 0.3) is 5.73 Å². The molecule has 19 heavy (non-hydrogen) atoms. The normalized spacial score (nSPS) is 18.6. The summed E-state index contributed by atoms with van der Waals surface area (Å²) in [5, 5.41) is 7.87. The van der Waals surface area contributed by atoms with Crippen molar-refractivity contribution in [3.8, 4) is 0 Å². The first-order chi connectivity index (χ1) is 8.58. The van der Waals surface area contributed by atoms with Gasteiger partial charge in [0.15, 0.2) is 10.8 Å². The van der Waals surface area contributed by atoms with Gasteiger partial charge in [-0.2, -0.15) is 0 Å². The summed E-state index contributed by atoms with van der Waals surface area (Å²) in [7, 11) is 0. The van der Waals surface area contributed by atoms with Crippen LogP contribution in [-0.2, 0) is 14.4 Å². The van der Waals surface area contributed by atoms with Crippen LogP contribution in [0.15, 0.2) is 10.5 Å². The molecule has 0 bridgehead atoms. The third-order valence-electron chi connectivity index (χ3n) is 2.25. The van der Waals surface area contributed by atoms with Gasteiger partial charge in [-0.15, -0.1) is 11.3 Å². The molecule has 1 unspecified atom stereocenters. The smallest absolute Gasteiger partial charge is 0.662 e. The molecule has 10 heteroatoms. The van der Waals surface area contributed by atoms with E-state index in [2.05, 4.69) is 15.5 Å². The second kappa shape index (κ2) is 6.85. The van der Waals surface area contributed by atoms with Gasteiger partial charge in [0.2, 0.25) is 6.10 Å². The summed E-state index contributed by atoms with van der Waals surface area (Å²) in [6, 6.07) is 0. The zero-order valence-corrected chi connectivity index (χ0v) is 13.0. The molecule has 0 saturated carbocycles. The Kier molecular flexibility index (Phi) is 5.73.